The molecule has 3 rings (SSSR count). The lowest BCUT2D eigenvalue weighted by Gasteiger charge is -2.20. The fraction of sp³-hybridized carbons (Fsp3) is 0.292. The highest BCUT2D eigenvalue weighted by Crippen LogP contribution is 2.32. The zero-order chi connectivity index (χ0) is 27.3. The summed E-state index contributed by atoms with van der Waals surface area (Å²) in [5.74, 6) is -1.65. The first-order chi connectivity index (χ1) is 17.4. The van der Waals surface area contributed by atoms with Crippen LogP contribution < -0.4 is 14.8 Å². The molecule has 0 aliphatic carbocycles. The lowest BCUT2D eigenvalue weighted by Crippen LogP contribution is -2.40. The van der Waals surface area contributed by atoms with Gasteiger partial charge in [-0.3, -0.25) is 9.59 Å². The van der Waals surface area contributed by atoms with Gasteiger partial charge in [-0.2, -0.15) is 13.1 Å². The van der Waals surface area contributed by atoms with Gasteiger partial charge in [-0.15, -0.1) is 0 Å². The number of esters is 1. The van der Waals surface area contributed by atoms with Crippen molar-refractivity contribution in [3.63, 3.8) is 0 Å². The molecule has 0 saturated heterocycles. The van der Waals surface area contributed by atoms with Gasteiger partial charge in [-0.25, -0.2) is 9.52 Å². The molecule has 1 atom stereocenters. The van der Waals surface area contributed by atoms with Crippen molar-refractivity contribution >= 4 is 62.1 Å². The van der Waals surface area contributed by atoms with E-state index in [1.54, 1.807) is 61.0 Å². The minimum Gasteiger partial charge on any atom is -0.462 e. The molecule has 1 heterocycles. The molecule has 0 aliphatic rings. The molecule has 0 fully saturated rings. The highest BCUT2D eigenvalue weighted by atomic mass is 35.5. The number of rotatable bonds is 10. The Bertz CT molecular complexity index is 1440. The molecular weight excluding hydrogens is 543 g/mol. The number of fused-ring (bicyclic) bond motifs is 1. The van der Waals surface area contributed by atoms with Gasteiger partial charge in [0.15, 0.2) is 0 Å². The smallest absolute Gasteiger partial charge is 0.338 e. The SMILES string of the molecule is CCOC(=O)c1ccc(C(CCNS(=O)(=O)NC(C)=O)NC(=O)c2cc3c(Cl)c(Cl)ccc3n2C)cc1. The summed E-state index contributed by atoms with van der Waals surface area (Å²) < 4.78 is 34.7. The van der Waals surface area contributed by atoms with E-state index in [2.05, 4.69) is 10.0 Å². The Kier molecular flexibility index (Phi) is 9.19. The zero-order valence-electron chi connectivity index (χ0n) is 20.3. The molecular formula is C24H26Cl2N4O6S. The highest BCUT2D eigenvalue weighted by Gasteiger charge is 2.22. The predicted octanol–water partition coefficient (Wildman–Crippen LogP) is 3.49. The maximum absolute atomic E-state index is 13.3. The first kappa shape index (κ1) is 28.5. The second kappa shape index (κ2) is 12.0. The molecule has 3 N–H and O–H groups in total. The molecule has 3 aromatic rings. The summed E-state index contributed by atoms with van der Waals surface area (Å²) in [4.78, 5) is 36.4. The van der Waals surface area contributed by atoms with Crippen molar-refractivity contribution in [3.8, 4) is 0 Å². The molecule has 1 aromatic heterocycles. The molecule has 0 bridgehead atoms. The van der Waals surface area contributed by atoms with Crippen LogP contribution in [-0.2, 0) is 26.8 Å². The number of hydrogen-bond donors (Lipinski definition) is 3. The summed E-state index contributed by atoms with van der Waals surface area (Å²) in [7, 11) is -2.34. The number of aromatic nitrogens is 1. The van der Waals surface area contributed by atoms with E-state index in [1.165, 1.54) is 0 Å². The van der Waals surface area contributed by atoms with Crippen LogP contribution in [0, 0.1) is 0 Å². The third kappa shape index (κ3) is 7.01. The summed E-state index contributed by atoms with van der Waals surface area (Å²) in [6.45, 7) is 2.92. The van der Waals surface area contributed by atoms with Crippen molar-refractivity contribution in [2.75, 3.05) is 13.2 Å². The van der Waals surface area contributed by atoms with Crippen molar-refractivity contribution in [1.29, 1.82) is 0 Å². The fourth-order valence-corrected chi connectivity index (χ4v) is 4.97. The Balaban J connectivity index is 1.87. The van der Waals surface area contributed by atoms with Gasteiger partial charge in [-0.05, 0) is 49.2 Å². The van der Waals surface area contributed by atoms with E-state index >= 15 is 0 Å². The second-order valence-corrected chi connectivity index (χ2v) is 10.4. The van der Waals surface area contributed by atoms with Crippen LogP contribution in [0.5, 0.6) is 0 Å². The number of nitrogens with one attached hydrogen (secondary N) is 3. The summed E-state index contributed by atoms with van der Waals surface area (Å²) in [6.07, 6.45) is 0.139. The van der Waals surface area contributed by atoms with Gasteiger partial charge in [0.2, 0.25) is 5.91 Å². The van der Waals surface area contributed by atoms with Crippen LogP contribution >= 0.6 is 23.2 Å². The van der Waals surface area contributed by atoms with E-state index in [0.29, 0.717) is 37.8 Å². The summed E-state index contributed by atoms with van der Waals surface area (Å²) in [6, 6.07) is 10.8. The molecule has 0 saturated carbocycles. The number of carbonyl (C=O) groups is 3. The standard InChI is InChI=1S/C24H26Cl2N4O6S/c1-4-36-24(33)16-7-5-15(6-8-16)19(11-12-27-37(34,35)29-14(2)31)28-23(32)21-13-17-20(30(21)3)10-9-18(25)22(17)26/h5-10,13,19,27H,4,11-12H2,1-3H3,(H,28,32)(H,29,31). The van der Waals surface area contributed by atoms with Gasteiger partial charge in [0.05, 0.1) is 28.3 Å². The van der Waals surface area contributed by atoms with E-state index in [-0.39, 0.29) is 19.6 Å². The number of ether oxygens (including phenoxy) is 1. The van der Waals surface area contributed by atoms with Crippen LogP contribution in [0.1, 0.15) is 52.7 Å². The average Bonchev–Trinajstić information content (AvgIpc) is 3.17. The normalized spacial score (nSPS) is 12.2. The summed E-state index contributed by atoms with van der Waals surface area (Å²) in [5, 5.41) is 4.21. The maximum Gasteiger partial charge on any atom is 0.338 e. The molecule has 1 unspecified atom stereocenters. The number of benzene rings is 2. The van der Waals surface area contributed by atoms with Crippen LogP contribution in [0.3, 0.4) is 0 Å². The average molecular weight is 569 g/mol. The highest BCUT2D eigenvalue weighted by molar-refractivity contribution is 7.88. The van der Waals surface area contributed by atoms with Crippen molar-refractivity contribution in [3.05, 3.63) is 69.3 Å². The van der Waals surface area contributed by atoms with Crippen LogP contribution in [0.15, 0.2) is 42.5 Å². The Morgan fingerprint density at radius 2 is 1.76 bits per heavy atom. The van der Waals surface area contributed by atoms with E-state index in [4.69, 9.17) is 27.9 Å². The Hall–Kier alpha value is -3.12. The molecule has 2 aromatic carbocycles. The largest absolute Gasteiger partial charge is 0.462 e. The Morgan fingerprint density at radius 3 is 2.38 bits per heavy atom. The Morgan fingerprint density at radius 1 is 1.08 bits per heavy atom. The van der Waals surface area contributed by atoms with E-state index in [1.807, 2.05) is 4.72 Å². The van der Waals surface area contributed by atoms with E-state index in [0.717, 1.165) is 6.92 Å². The van der Waals surface area contributed by atoms with Crippen LogP contribution in [0.4, 0.5) is 0 Å². The number of nitrogens with zero attached hydrogens (tertiary/aromatic N) is 1. The zero-order valence-corrected chi connectivity index (χ0v) is 22.6. The molecule has 13 heteroatoms. The Labute approximate surface area is 224 Å². The van der Waals surface area contributed by atoms with Gasteiger partial charge < -0.3 is 14.6 Å². The van der Waals surface area contributed by atoms with E-state index < -0.39 is 34.0 Å². The quantitative estimate of drug-likeness (QED) is 0.320. The maximum atomic E-state index is 13.3. The van der Waals surface area contributed by atoms with Crippen molar-refractivity contribution in [2.45, 2.75) is 26.3 Å². The molecule has 37 heavy (non-hydrogen) atoms. The molecule has 2 amide bonds. The number of hydrogen-bond acceptors (Lipinski definition) is 6. The molecule has 0 aliphatic heterocycles. The van der Waals surface area contributed by atoms with Crippen molar-refractivity contribution < 1.29 is 27.5 Å². The molecule has 0 radical (unpaired) electrons. The molecule has 0 spiro atoms. The lowest BCUT2D eigenvalue weighted by atomic mass is 10.0. The van der Waals surface area contributed by atoms with Gasteiger partial charge in [0, 0.05) is 31.4 Å². The second-order valence-electron chi connectivity index (χ2n) is 8.10. The summed E-state index contributed by atoms with van der Waals surface area (Å²) in [5.41, 5.74) is 1.98. The number of carbonyl (C=O) groups excluding carboxylic acids is 3. The molecule has 10 nitrogen and oxygen atoms in total. The first-order valence-electron chi connectivity index (χ1n) is 11.2. The third-order valence-electron chi connectivity index (χ3n) is 5.48. The minimum absolute atomic E-state index is 0.0935. The minimum atomic E-state index is -4.05. The van der Waals surface area contributed by atoms with Gasteiger partial charge in [-0.1, -0.05) is 35.3 Å². The first-order valence-corrected chi connectivity index (χ1v) is 13.5. The van der Waals surface area contributed by atoms with Crippen molar-refractivity contribution in [2.24, 2.45) is 7.05 Å². The fourth-order valence-electron chi connectivity index (χ4n) is 3.75. The van der Waals surface area contributed by atoms with Gasteiger partial charge in [0.25, 0.3) is 5.91 Å². The van der Waals surface area contributed by atoms with E-state index in [9.17, 15) is 22.8 Å². The molecule has 198 valence electrons. The third-order valence-corrected chi connectivity index (χ3v) is 7.44. The monoisotopic (exact) mass is 568 g/mol. The van der Waals surface area contributed by atoms with Crippen LogP contribution in [0.2, 0.25) is 10.0 Å². The number of aryl methyl sites for hydroxylation is 1. The number of halogens is 2. The topological polar surface area (TPSA) is 136 Å². The van der Waals surface area contributed by atoms with Gasteiger partial charge >= 0.3 is 16.2 Å². The van der Waals surface area contributed by atoms with Crippen LogP contribution in [-0.4, -0.2) is 43.9 Å². The summed E-state index contributed by atoms with van der Waals surface area (Å²) >= 11 is 12.4. The lowest BCUT2D eigenvalue weighted by molar-refractivity contribution is -0.117. The van der Waals surface area contributed by atoms with Gasteiger partial charge in [0.1, 0.15) is 5.69 Å². The predicted molar refractivity (Wildman–Crippen MR) is 141 cm³/mol. The van der Waals surface area contributed by atoms with Crippen molar-refractivity contribution in [1.82, 2.24) is 19.3 Å². The number of amides is 2. The van der Waals surface area contributed by atoms with Crippen LogP contribution in [0.25, 0.3) is 10.9 Å².